The van der Waals surface area contributed by atoms with E-state index in [2.05, 4.69) is 6.92 Å². The zero-order chi connectivity index (χ0) is 15.1. The Morgan fingerprint density at radius 2 is 1.25 bits per heavy atom. The molecule has 0 aromatic carbocycles. The molecule has 0 bridgehead atoms. The van der Waals surface area contributed by atoms with E-state index in [0.29, 0.717) is 6.42 Å². The van der Waals surface area contributed by atoms with Gasteiger partial charge in [-0.05, 0) is 19.3 Å². The Labute approximate surface area is 124 Å². The van der Waals surface area contributed by atoms with E-state index in [-0.39, 0.29) is 6.10 Å². The standard InChI is InChI=1S/C17H34O3/c1-2-13-16(18)14-11-9-7-5-3-4-6-8-10-12-15-17(19)20/h16,18H,2-15H2,1H3,(H,19,20). The highest BCUT2D eigenvalue weighted by molar-refractivity contribution is 5.66. The van der Waals surface area contributed by atoms with Crippen molar-refractivity contribution in [3.05, 3.63) is 0 Å². The Kier molecular flexibility index (Phi) is 14.4. The van der Waals surface area contributed by atoms with Gasteiger partial charge in [-0.2, -0.15) is 0 Å². The first-order valence-corrected chi connectivity index (χ1v) is 8.56. The summed E-state index contributed by atoms with van der Waals surface area (Å²) in [5.74, 6) is -0.672. The fourth-order valence-electron chi connectivity index (χ4n) is 2.55. The van der Waals surface area contributed by atoms with E-state index in [4.69, 9.17) is 5.11 Å². The number of carboxylic acids is 1. The molecule has 0 fully saturated rings. The van der Waals surface area contributed by atoms with Gasteiger partial charge in [0.05, 0.1) is 6.10 Å². The number of aliphatic hydroxyl groups is 1. The lowest BCUT2D eigenvalue weighted by Gasteiger charge is -2.08. The third kappa shape index (κ3) is 15.5. The van der Waals surface area contributed by atoms with Crippen LogP contribution in [-0.4, -0.2) is 22.3 Å². The van der Waals surface area contributed by atoms with Crippen LogP contribution in [-0.2, 0) is 4.79 Å². The summed E-state index contributed by atoms with van der Waals surface area (Å²) in [5.41, 5.74) is 0. The van der Waals surface area contributed by atoms with Gasteiger partial charge in [-0.15, -0.1) is 0 Å². The lowest BCUT2D eigenvalue weighted by molar-refractivity contribution is -0.137. The van der Waals surface area contributed by atoms with Crippen LogP contribution in [0.2, 0.25) is 0 Å². The topological polar surface area (TPSA) is 57.5 Å². The Hall–Kier alpha value is -0.570. The predicted molar refractivity (Wildman–Crippen MR) is 84.0 cm³/mol. The van der Waals surface area contributed by atoms with E-state index in [9.17, 15) is 9.90 Å². The SMILES string of the molecule is CCCC(O)CCCCCCCCCCCCC(=O)O. The average Bonchev–Trinajstić information content (AvgIpc) is 2.40. The van der Waals surface area contributed by atoms with Crippen molar-refractivity contribution < 1.29 is 15.0 Å². The number of carbonyl (C=O) groups is 1. The molecule has 2 N–H and O–H groups in total. The largest absolute Gasteiger partial charge is 0.481 e. The molecule has 0 heterocycles. The van der Waals surface area contributed by atoms with Gasteiger partial charge >= 0.3 is 5.97 Å². The molecule has 0 aromatic heterocycles. The van der Waals surface area contributed by atoms with Crippen molar-refractivity contribution in [3.63, 3.8) is 0 Å². The van der Waals surface area contributed by atoms with Gasteiger partial charge in [-0.25, -0.2) is 0 Å². The maximum atomic E-state index is 10.3. The molecule has 0 aliphatic heterocycles. The summed E-state index contributed by atoms with van der Waals surface area (Å²) in [4.78, 5) is 10.3. The lowest BCUT2D eigenvalue weighted by Crippen LogP contribution is -2.04. The second kappa shape index (κ2) is 14.8. The average molecular weight is 286 g/mol. The van der Waals surface area contributed by atoms with Crippen LogP contribution in [0, 0.1) is 0 Å². The first kappa shape index (κ1) is 19.4. The molecule has 0 spiro atoms. The first-order valence-electron chi connectivity index (χ1n) is 8.56. The van der Waals surface area contributed by atoms with E-state index in [1.165, 1.54) is 44.9 Å². The van der Waals surface area contributed by atoms with Crippen LogP contribution in [0.4, 0.5) is 0 Å². The molecule has 0 radical (unpaired) electrons. The molecular formula is C17H34O3. The highest BCUT2D eigenvalue weighted by Crippen LogP contribution is 2.13. The molecule has 1 atom stereocenters. The third-order valence-electron chi connectivity index (χ3n) is 3.80. The number of unbranched alkanes of at least 4 members (excludes halogenated alkanes) is 9. The smallest absolute Gasteiger partial charge is 0.303 e. The van der Waals surface area contributed by atoms with Crippen molar-refractivity contribution in [1.29, 1.82) is 0 Å². The van der Waals surface area contributed by atoms with E-state index in [0.717, 1.165) is 38.5 Å². The van der Waals surface area contributed by atoms with E-state index in [1.807, 2.05) is 0 Å². The summed E-state index contributed by atoms with van der Waals surface area (Å²) < 4.78 is 0. The summed E-state index contributed by atoms with van der Waals surface area (Å²) in [6.45, 7) is 2.12. The second-order valence-electron chi connectivity index (χ2n) is 5.91. The van der Waals surface area contributed by atoms with Crippen molar-refractivity contribution in [2.75, 3.05) is 0 Å². The number of aliphatic carboxylic acids is 1. The summed E-state index contributed by atoms with van der Waals surface area (Å²) >= 11 is 0. The molecule has 0 saturated heterocycles. The number of carboxylic acid groups (broad SMARTS) is 1. The molecule has 1 unspecified atom stereocenters. The van der Waals surface area contributed by atoms with Gasteiger partial charge in [-0.1, -0.05) is 71.1 Å². The van der Waals surface area contributed by atoms with Gasteiger partial charge in [0.1, 0.15) is 0 Å². The highest BCUT2D eigenvalue weighted by atomic mass is 16.4. The number of aliphatic hydroxyl groups excluding tert-OH is 1. The van der Waals surface area contributed by atoms with Gasteiger partial charge in [0.15, 0.2) is 0 Å². The molecule has 0 aliphatic rings. The minimum atomic E-state index is -0.672. The van der Waals surface area contributed by atoms with Gasteiger partial charge in [0, 0.05) is 6.42 Å². The summed E-state index contributed by atoms with van der Waals surface area (Å²) in [6, 6.07) is 0. The van der Waals surface area contributed by atoms with Gasteiger partial charge in [0.2, 0.25) is 0 Å². The lowest BCUT2D eigenvalue weighted by atomic mass is 10.0. The molecule has 0 amide bonds. The fourth-order valence-corrected chi connectivity index (χ4v) is 2.55. The Balaban J connectivity index is 3.04. The molecule has 120 valence electrons. The third-order valence-corrected chi connectivity index (χ3v) is 3.80. The first-order chi connectivity index (χ1) is 9.66. The molecular weight excluding hydrogens is 252 g/mol. The number of rotatable bonds is 15. The van der Waals surface area contributed by atoms with E-state index >= 15 is 0 Å². The maximum Gasteiger partial charge on any atom is 0.303 e. The van der Waals surface area contributed by atoms with Crippen LogP contribution in [0.25, 0.3) is 0 Å². The highest BCUT2D eigenvalue weighted by Gasteiger charge is 2.01. The molecule has 3 heteroatoms. The Morgan fingerprint density at radius 3 is 1.70 bits per heavy atom. The quantitative estimate of drug-likeness (QED) is 0.420. The molecule has 0 rings (SSSR count). The molecule has 20 heavy (non-hydrogen) atoms. The molecule has 0 aromatic rings. The summed E-state index contributed by atoms with van der Waals surface area (Å²) in [5, 5.41) is 18.1. The van der Waals surface area contributed by atoms with E-state index in [1.54, 1.807) is 0 Å². The molecule has 0 aliphatic carbocycles. The maximum absolute atomic E-state index is 10.3. The van der Waals surface area contributed by atoms with Crippen molar-refractivity contribution >= 4 is 5.97 Å². The molecule has 0 saturated carbocycles. The van der Waals surface area contributed by atoms with Crippen LogP contribution in [0.3, 0.4) is 0 Å². The van der Waals surface area contributed by atoms with Crippen LogP contribution in [0.15, 0.2) is 0 Å². The van der Waals surface area contributed by atoms with Gasteiger partial charge in [-0.3, -0.25) is 4.79 Å². The minimum Gasteiger partial charge on any atom is -0.481 e. The Morgan fingerprint density at radius 1 is 0.800 bits per heavy atom. The molecule has 3 nitrogen and oxygen atoms in total. The van der Waals surface area contributed by atoms with Crippen molar-refractivity contribution in [3.8, 4) is 0 Å². The minimum absolute atomic E-state index is 0.0780. The van der Waals surface area contributed by atoms with Crippen molar-refractivity contribution in [2.45, 2.75) is 103 Å². The van der Waals surface area contributed by atoms with Crippen LogP contribution in [0.5, 0.6) is 0 Å². The van der Waals surface area contributed by atoms with Gasteiger partial charge in [0.25, 0.3) is 0 Å². The Bertz CT molecular complexity index is 216. The van der Waals surface area contributed by atoms with Crippen molar-refractivity contribution in [2.24, 2.45) is 0 Å². The number of hydrogen-bond donors (Lipinski definition) is 2. The normalized spacial score (nSPS) is 12.5. The summed E-state index contributed by atoms with van der Waals surface area (Å²) in [7, 11) is 0. The van der Waals surface area contributed by atoms with E-state index < -0.39 is 5.97 Å². The second-order valence-corrected chi connectivity index (χ2v) is 5.91. The monoisotopic (exact) mass is 286 g/mol. The summed E-state index contributed by atoms with van der Waals surface area (Å²) in [6.07, 6.45) is 15.1. The van der Waals surface area contributed by atoms with Crippen LogP contribution < -0.4 is 0 Å². The zero-order valence-electron chi connectivity index (χ0n) is 13.3. The zero-order valence-corrected chi connectivity index (χ0v) is 13.3. The predicted octanol–water partition coefficient (Wildman–Crippen LogP) is 4.91. The van der Waals surface area contributed by atoms with Crippen LogP contribution >= 0.6 is 0 Å². The van der Waals surface area contributed by atoms with Crippen molar-refractivity contribution in [1.82, 2.24) is 0 Å². The fraction of sp³-hybridized carbons (Fsp3) is 0.941. The van der Waals surface area contributed by atoms with Gasteiger partial charge < -0.3 is 10.2 Å². The van der Waals surface area contributed by atoms with Crippen LogP contribution in [0.1, 0.15) is 96.8 Å². The number of hydrogen-bond acceptors (Lipinski definition) is 2.